The third kappa shape index (κ3) is 4.97. The zero-order chi connectivity index (χ0) is 18.7. The first-order valence-electron chi connectivity index (χ1n) is 7.76. The molecule has 0 aliphatic heterocycles. The number of hydrogen-bond acceptors (Lipinski definition) is 1. The zero-order valence-corrected chi connectivity index (χ0v) is 14.4. The Hall–Kier alpha value is -2.05. The number of carbonyl (C=O) groups excluding carboxylic acids is 1. The molecular weight excluding hydrogens is 319 g/mol. The molecular formula is C17H24F3N3O. The molecule has 0 radical (unpaired) electrons. The largest absolute Gasteiger partial charge is 0.416 e. The number of nitrogens with two attached hydrogens (primary N) is 2. The Bertz CT molecular complexity index is 640. The minimum atomic E-state index is -4.57. The number of hydrogen-bond donors (Lipinski definition) is 2. The van der Waals surface area contributed by atoms with Gasteiger partial charge in [0.25, 0.3) is 5.91 Å². The first-order chi connectivity index (χ1) is 10.9. The summed E-state index contributed by atoms with van der Waals surface area (Å²) in [4.78, 5) is 15.6. The lowest BCUT2D eigenvalue weighted by atomic mass is 9.80. The highest BCUT2D eigenvalue weighted by Crippen LogP contribution is 2.39. The fraction of sp³-hybridized carbons (Fsp3) is 0.529. The molecule has 1 aromatic carbocycles. The Morgan fingerprint density at radius 2 is 1.71 bits per heavy atom. The van der Waals surface area contributed by atoms with Crippen molar-refractivity contribution in [3.63, 3.8) is 0 Å². The van der Waals surface area contributed by atoms with Crippen molar-refractivity contribution in [1.82, 2.24) is 0 Å². The highest BCUT2D eigenvalue weighted by atomic mass is 19.4. The van der Waals surface area contributed by atoms with Gasteiger partial charge < -0.3 is 11.5 Å². The van der Waals surface area contributed by atoms with E-state index in [1.165, 1.54) is 6.07 Å². The monoisotopic (exact) mass is 343 g/mol. The first kappa shape index (κ1) is 20.0. The van der Waals surface area contributed by atoms with Gasteiger partial charge in [-0.3, -0.25) is 4.79 Å². The van der Waals surface area contributed by atoms with Crippen molar-refractivity contribution in [1.29, 1.82) is 0 Å². The average Bonchev–Trinajstić information content (AvgIpc) is 2.41. The van der Waals surface area contributed by atoms with Crippen molar-refractivity contribution in [2.24, 2.45) is 16.5 Å². The number of aliphatic imine (C=N–C) groups is 1. The van der Waals surface area contributed by atoms with Gasteiger partial charge in [-0.05, 0) is 35.4 Å². The van der Waals surface area contributed by atoms with Gasteiger partial charge in [-0.1, -0.05) is 40.2 Å². The van der Waals surface area contributed by atoms with Crippen LogP contribution in [0.1, 0.15) is 67.6 Å². The number of unbranched alkanes of at least 4 members (excludes halogenated alkanes) is 1. The Morgan fingerprint density at radius 3 is 2.12 bits per heavy atom. The molecule has 24 heavy (non-hydrogen) atoms. The molecule has 1 amide bonds. The highest BCUT2D eigenvalue weighted by molar-refractivity contribution is 6.03. The van der Waals surface area contributed by atoms with Gasteiger partial charge in [0.15, 0.2) is 5.96 Å². The summed E-state index contributed by atoms with van der Waals surface area (Å²) in [6.45, 7) is 7.09. The van der Waals surface area contributed by atoms with E-state index < -0.39 is 29.0 Å². The van der Waals surface area contributed by atoms with Crippen LogP contribution in [-0.4, -0.2) is 11.9 Å². The van der Waals surface area contributed by atoms with E-state index in [-0.39, 0.29) is 11.1 Å². The molecule has 0 aromatic heterocycles. The van der Waals surface area contributed by atoms with E-state index in [9.17, 15) is 18.0 Å². The predicted octanol–water partition coefficient (Wildman–Crippen LogP) is 3.76. The van der Waals surface area contributed by atoms with Crippen molar-refractivity contribution >= 4 is 11.9 Å². The average molecular weight is 343 g/mol. The lowest BCUT2D eigenvalue weighted by molar-refractivity contribution is -0.138. The summed E-state index contributed by atoms with van der Waals surface area (Å²) in [5.74, 6) is -1.33. The molecule has 4 nitrogen and oxygen atoms in total. The van der Waals surface area contributed by atoms with Crippen molar-refractivity contribution in [2.45, 2.75) is 58.5 Å². The summed E-state index contributed by atoms with van der Waals surface area (Å²) >= 11 is 0. The molecule has 0 spiro atoms. The van der Waals surface area contributed by atoms with Crippen LogP contribution in [0.15, 0.2) is 17.1 Å². The molecule has 0 heterocycles. The van der Waals surface area contributed by atoms with Gasteiger partial charge in [-0.15, -0.1) is 0 Å². The number of aryl methyl sites for hydroxylation is 1. The molecule has 4 N–H and O–H groups in total. The smallest absolute Gasteiger partial charge is 0.370 e. The quantitative estimate of drug-likeness (QED) is 0.645. The summed E-state index contributed by atoms with van der Waals surface area (Å²) in [5.41, 5.74) is 9.42. The van der Waals surface area contributed by atoms with Crippen molar-refractivity contribution in [3.8, 4) is 0 Å². The van der Waals surface area contributed by atoms with Crippen LogP contribution in [0.2, 0.25) is 0 Å². The van der Waals surface area contributed by atoms with Crippen LogP contribution in [0.25, 0.3) is 0 Å². The second-order valence-electron chi connectivity index (χ2n) is 6.75. The number of nitrogens with zero attached hydrogens (tertiary/aromatic N) is 1. The summed E-state index contributed by atoms with van der Waals surface area (Å²) in [5, 5.41) is 0. The number of amides is 1. The van der Waals surface area contributed by atoms with Gasteiger partial charge in [0.1, 0.15) is 0 Å². The number of guanidine groups is 1. The third-order valence-corrected chi connectivity index (χ3v) is 3.62. The van der Waals surface area contributed by atoms with E-state index in [0.717, 1.165) is 18.9 Å². The molecule has 134 valence electrons. The molecule has 7 heteroatoms. The summed E-state index contributed by atoms with van der Waals surface area (Å²) < 4.78 is 40.4. The Morgan fingerprint density at radius 1 is 1.12 bits per heavy atom. The minimum Gasteiger partial charge on any atom is -0.370 e. The van der Waals surface area contributed by atoms with Crippen molar-refractivity contribution in [2.75, 3.05) is 0 Å². The molecule has 0 fully saturated rings. The number of alkyl halides is 3. The normalized spacial score (nSPS) is 12.1. The molecule has 0 aliphatic rings. The topological polar surface area (TPSA) is 81.5 Å². The predicted molar refractivity (Wildman–Crippen MR) is 88.9 cm³/mol. The van der Waals surface area contributed by atoms with Crippen LogP contribution in [-0.2, 0) is 18.0 Å². The maximum Gasteiger partial charge on any atom is 0.416 e. The standard InChI is InChI=1S/C17H24F3N3O/c1-5-6-7-10-8-12(16(2,3)4)13(17(18,19)20)9-11(10)14(24)23-15(21)22/h8-9H,5-7H2,1-4H3,(H4,21,22,23,24). The van der Waals surface area contributed by atoms with Gasteiger partial charge in [0.05, 0.1) is 5.56 Å². The van der Waals surface area contributed by atoms with E-state index in [2.05, 4.69) is 4.99 Å². The number of benzene rings is 1. The van der Waals surface area contributed by atoms with Crippen LogP contribution < -0.4 is 11.5 Å². The van der Waals surface area contributed by atoms with E-state index in [0.29, 0.717) is 12.0 Å². The van der Waals surface area contributed by atoms with Gasteiger partial charge in [0.2, 0.25) is 0 Å². The molecule has 1 rings (SSSR count). The van der Waals surface area contributed by atoms with Crippen LogP contribution >= 0.6 is 0 Å². The van der Waals surface area contributed by atoms with Crippen LogP contribution in [0, 0.1) is 0 Å². The van der Waals surface area contributed by atoms with Gasteiger partial charge in [0, 0.05) is 5.56 Å². The van der Waals surface area contributed by atoms with E-state index in [4.69, 9.17) is 11.5 Å². The molecule has 1 aromatic rings. The van der Waals surface area contributed by atoms with Crippen molar-refractivity contribution < 1.29 is 18.0 Å². The Balaban J connectivity index is 3.67. The SMILES string of the molecule is CCCCc1cc(C(C)(C)C)c(C(F)(F)F)cc1C(=O)N=C(N)N. The minimum absolute atomic E-state index is 0.0998. The molecule has 0 bridgehead atoms. The lowest BCUT2D eigenvalue weighted by Gasteiger charge is -2.26. The van der Waals surface area contributed by atoms with E-state index in [1.807, 2.05) is 6.92 Å². The molecule has 0 atom stereocenters. The van der Waals surface area contributed by atoms with Crippen LogP contribution in [0.3, 0.4) is 0 Å². The molecule has 0 unspecified atom stereocenters. The second-order valence-corrected chi connectivity index (χ2v) is 6.75. The van der Waals surface area contributed by atoms with Gasteiger partial charge >= 0.3 is 6.18 Å². The molecule has 0 saturated heterocycles. The maximum absolute atomic E-state index is 13.5. The van der Waals surface area contributed by atoms with Crippen LogP contribution in [0.4, 0.5) is 13.2 Å². The summed E-state index contributed by atoms with van der Waals surface area (Å²) in [6.07, 6.45) is -2.49. The highest BCUT2D eigenvalue weighted by Gasteiger charge is 2.37. The number of carbonyl (C=O) groups is 1. The maximum atomic E-state index is 13.5. The van der Waals surface area contributed by atoms with Crippen molar-refractivity contribution in [3.05, 3.63) is 34.4 Å². The van der Waals surface area contributed by atoms with Crippen LogP contribution in [0.5, 0.6) is 0 Å². The summed E-state index contributed by atoms with van der Waals surface area (Å²) in [6, 6.07) is 2.34. The fourth-order valence-corrected chi connectivity index (χ4v) is 2.45. The van der Waals surface area contributed by atoms with E-state index in [1.54, 1.807) is 20.8 Å². The third-order valence-electron chi connectivity index (χ3n) is 3.62. The Labute approximate surface area is 140 Å². The first-order valence-corrected chi connectivity index (χ1v) is 7.76. The zero-order valence-electron chi connectivity index (χ0n) is 14.4. The van der Waals surface area contributed by atoms with Gasteiger partial charge in [-0.25, -0.2) is 0 Å². The molecule has 0 saturated carbocycles. The lowest BCUT2D eigenvalue weighted by Crippen LogP contribution is -2.25. The fourth-order valence-electron chi connectivity index (χ4n) is 2.45. The molecule has 0 aliphatic carbocycles. The number of halogens is 3. The van der Waals surface area contributed by atoms with Gasteiger partial charge in [-0.2, -0.15) is 18.2 Å². The van der Waals surface area contributed by atoms with E-state index >= 15 is 0 Å². The number of rotatable bonds is 4. The Kier molecular flexibility index (Phi) is 6.03. The second kappa shape index (κ2) is 7.23. The summed E-state index contributed by atoms with van der Waals surface area (Å²) in [7, 11) is 0.